The van der Waals surface area contributed by atoms with Gasteiger partial charge in [-0.1, -0.05) is 13.8 Å². The molecule has 118 valence electrons. The van der Waals surface area contributed by atoms with Crippen LogP contribution in [0.4, 0.5) is 5.69 Å². The highest BCUT2D eigenvalue weighted by Crippen LogP contribution is 2.23. The van der Waals surface area contributed by atoms with Gasteiger partial charge in [0.2, 0.25) is 10.0 Å². The van der Waals surface area contributed by atoms with Crippen LogP contribution >= 0.6 is 0 Å². The summed E-state index contributed by atoms with van der Waals surface area (Å²) in [4.78, 5) is 0.279. The van der Waals surface area contributed by atoms with E-state index < -0.39 is 15.6 Å². The zero-order chi connectivity index (χ0) is 15.5. The molecule has 5 nitrogen and oxygen atoms in total. The van der Waals surface area contributed by atoms with Crippen LogP contribution in [0.15, 0.2) is 29.2 Å². The van der Waals surface area contributed by atoms with Gasteiger partial charge < -0.3 is 10.4 Å². The second-order valence-corrected chi connectivity index (χ2v) is 7.42. The summed E-state index contributed by atoms with van der Waals surface area (Å²) >= 11 is 0. The molecular weight excluding hydrogens is 288 g/mol. The second kappa shape index (κ2) is 6.34. The summed E-state index contributed by atoms with van der Waals surface area (Å²) in [7, 11) is -3.39. The molecule has 0 spiro atoms. The fourth-order valence-electron chi connectivity index (χ4n) is 2.01. The summed E-state index contributed by atoms with van der Waals surface area (Å²) in [6.07, 6.45) is 3.19. The van der Waals surface area contributed by atoms with Crippen molar-refractivity contribution in [2.75, 3.05) is 11.9 Å². The van der Waals surface area contributed by atoms with E-state index in [0.29, 0.717) is 19.4 Å². The molecule has 6 heteroatoms. The van der Waals surface area contributed by atoms with Gasteiger partial charge in [0.15, 0.2) is 0 Å². The monoisotopic (exact) mass is 312 g/mol. The van der Waals surface area contributed by atoms with Crippen molar-refractivity contribution in [3.63, 3.8) is 0 Å². The number of aliphatic hydroxyl groups is 1. The Labute approximate surface area is 126 Å². The lowest BCUT2D eigenvalue weighted by Gasteiger charge is -2.26. The number of hydrogen-bond donors (Lipinski definition) is 3. The van der Waals surface area contributed by atoms with Crippen LogP contribution in [-0.2, 0) is 10.0 Å². The second-order valence-electron chi connectivity index (χ2n) is 5.70. The van der Waals surface area contributed by atoms with E-state index >= 15 is 0 Å². The lowest BCUT2D eigenvalue weighted by molar-refractivity contribution is 0.0457. The third-order valence-electron chi connectivity index (χ3n) is 4.00. The van der Waals surface area contributed by atoms with E-state index in [1.165, 1.54) is 0 Å². The van der Waals surface area contributed by atoms with Crippen LogP contribution in [0, 0.1) is 0 Å². The lowest BCUT2D eigenvalue weighted by Crippen LogP contribution is -2.35. The molecule has 1 aliphatic carbocycles. The van der Waals surface area contributed by atoms with E-state index in [1.807, 2.05) is 13.8 Å². The van der Waals surface area contributed by atoms with E-state index in [4.69, 9.17) is 0 Å². The Kier molecular flexibility index (Phi) is 4.91. The zero-order valence-corrected chi connectivity index (χ0v) is 13.4. The topological polar surface area (TPSA) is 78.4 Å². The first-order valence-corrected chi connectivity index (χ1v) is 8.95. The van der Waals surface area contributed by atoms with Crippen LogP contribution in [0.2, 0.25) is 0 Å². The molecule has 1 fully saturated rings. The highest BCUT2D eigenvalue weighted by molar-refractivity contribution is 7.89. The number of rotatable bonds is 8. The SMILES string of the molecule is CCC(O)(CC)CNc1ccc(S(=O)(=O)NC2CC2)cc1. The van der Waals surface area contributed by atoms with Gasteiger partial charge in [0, 0.05) is 18.3 Å². The standard InChI is InChI=1S/C15H24N2O3S/c1-3-15(18,4-2)11-16-12-7-9-14(10-8-12)21(19,20)17-13-5-6-13/h7-10,13,16-18H,3-6,11H2,1-2H3. The number of nitrogens with one attached hydrogen (secondary N) is 2. The third kappa shape index (κ3) is 4.43. The molecule has 0 aromatic heterocycles. The fourth-order valence-corrected chi connectivity index (χ4v) is 3.31. The molecule has 3 N–H and O–H groups in total. The summed E-state index contributed by atoms with van der Waals surface area (Å²) in [6, 6.07) is 6.74. The molecule has 0 bridgehead atoms. The van der Waals surface area contributed by atoms with E-state index in [2.05, 4.69) is 10.0 Å². The van der Waals surface area contributed by atoms with Gasteiger partial charge in [-0.3, -0.25) is 0 Å². The highest BCUT2D eigenvalue weighted by Gasteiger charge is 2.28. The summed E-state index contributed by atoms with van der Waals surface area (Å²) in [5.74, 6) is 0. The minimum atomic E-state index is -3.39. The maximum absolute atomic E-state index is 12.0. The first-order valence-electron chi connectivity index (χ1n) is 7.47. The van der Waals surface area contributed by atoms with Crippen LogP contribution < -0.4 is 10.0 Å². The van der Waals surface area contributed by atoms with Gasteiger partial charge in [-0.05, 0) is 49.9 Å². The van der Waals surface area contributed by atoms with Crippen molar-refractivity contribution in [3.8, 4) is 0 Å². The van der Waals surface area contributed by atoms with Crippen molar-refractivity contribution in [3.05, 3.63) is 24.3 Å². The smallest absolute Gasteiger partial charge is 0.240 e. The van der Waals surface area contributed by atoms with Crippen molar-refractivity contribution >= 4 is 15.7 Å². The van der Waals surface area contributed by atoms with E-state index in [0.717, 1.165) is 18.5 Å². The maximum Gasteiger partial charge on any atom is 0.240 e. The van der Waals surface area contributed by atoms with Gasteiger partial charge >= 0.3 is 0 Å². The normalized spacial score (nSPS) is 16.0. The first-order chi connectivity index (χ1) is 9.88. The number of benzene rings is 1. The summed E-state index contributed by atoms with van der Waals surface area (Å²) < 4.78 is 26.7. The number of sulfonamides is 1. The summed E-state index contributed by atoms with van der Waals surface area (Å²) in [5.41, 5.74) is 0.0823. The van der Waals surface area contributed by atoms with Crippen LogP contribution in [0.25, 0.3) is 0 Å². The van der Waals surface area contributed by atoms with Crippen molar-refractivity contribution in [2.45, 2.75) is 56.1 Å². The van der Waals surface area contributed by atoms with E-state index in [-0.39, 0.29) is 10.9 Å². The Morgan fingerprint density at radius 3 is 2.24 bits per heavy atom. The van der Waals surface area contributed by atoms with Crippen molar-refractivity contribution in [1.29, 1.82) is 0 Å². The molecule has 0 atom stereocenters. The summed E-state index contributed by atoms with van der Waals surface area (Å²) in [6.45, 7) is 4.35. The Morgan fingerprint density at radius 2 is 1.76 bits per heavy atom. The molecule has 21 heavy (non-hydrogen) atoms. The minimum Gasteiger partial charge on any atom is -0.388 e. The molecule has 0 radical (unpaired) electrons. The summed E-state index contributed by atoms with van der Waals surface area (Å²) in [5, 5.41) is 13.4. The Balaban J connectivity index is 1.98. The Hall–Kier alpha value is -1.11. The molecule has 2 rings (SSSR count). The van der Waals surface area contributed by atoms with Gasteiger partial charge in [-0.15, -0.1) is 0 Å². The van der Waals surface area contributed by atoms with Gasteiger partial charge in [0.25, 0.3) is 0 Å². The molecule has 1 aromatic carbocycles. The minimum absolute atomic E-state index is 0.108. The Bertz CT molecular complexity index is 561. The van der Waals surface area contributed by atoms with Crippen molar-refractivity contribution in [2.24, 2.45) is 0 Å². The van der Waals surface area contributed by atoms with Gasteiger partial charge in [0.1, 0.15) is 0 Å². The average molecular weight is 312 g/mol. The third-order valence-corrected chi connectivity index (χ3v) is 5.54. The lowest BCUT2D eigenvalue weighted by atomic mass is 9.97. The van der Waals surface area contributed by atoms with Gasteiger partial charge in [-0.2, -0.15) is 0 Å². The first kappa shape index (κ1) is 16.3. The van der Waals surface area contributed by atoms with Gasteiger partial charge in [0.05, 0.1) is 10.5 Å². The van der Waals surface area contributed by atoms with Crippen LogP contribution in [0.5, 0.6) is 0 Å². The van der Waals surface area contributed by atoms with Gasteiger partial charge in [-0.25, -0.2) is 13.1 Å². The predicted molar refractivity (Wildman–Crippen MR) is 83.8 cm³/mol. The largest absolute Gasteiger partial charge is 0.388 e. The molecule has 0 saturated heterocycles. The van der Waals surface area contributed by atoms with Crippen molar-refractivity contribution in [1.82, 2.24) is 4.72 Å². The van der Waals surface area contributed by atoms with E-state index in [9.17, 15) is 13.5 Å². The molecule has 0 amide bonds. The molecular formula is C15H24N2O3S. The molecule has 1 saturated carbocycles. The van der Waals surface area contributed by atoms with Crippen LogP contribution in [-0.4, -0.2) is 31.7 Å². The van der Waals surface area contributed by atoms with E-state index in [1.54, 1.807) is 24.3 Å². The molecule has 0 aliphatic heterocycles. The maximum atomic E-state index is 12.0. The molecule has 0 unspecified atom stereocenters. The fraction of sp³-hybridized carbons (Fsp3) is 0.600. The average Bonchev–Trinajstić information content (AvgIpc) is 3.28. The predicted octanol–water partition coefficient (Wildman–Crippen LogP) is 2.09. The quantitative estimate of drug-likeness (QED) is 0.687. The van der Waals surface area contributed by atoms with Crippen molar-refractivity contribution < 1.29 is 13.5 Å². The number of hydrogen-bond acceptors (Lipinski definition) is 4. The zero-order valence-electron chi connectivity index (χ0n) is 12.6. The number of anilines is 1. The molecule has 1 aromatic rings. The Morgan fingerprint density at radius 1 is 1.19 bits per heavy atom. The highest BCUT2D eigenvalue weighted by atomic mass is 32.2. The van der Waals surface area contributed by atoms with Crippen LogP contribution in [0.1, 0.15) is 39.5 Å². The molecule has 1 aliphatic rings. The molecule has 0 heterocycles. The van der Waals surface area contributed by atoms with Crippen LogP contribution in [0.3, 0.4) is 0 Å².